The van der Waals surface area contributed by atoms with Gasteiger partial charge in [-0.2, -0.15) is 0 Å². The van der Waals surface area contributed by atoms with E-state index in [0.29, 0.717) is 11.8 Å². The van der Waals surface area contributed by atoms with Crippen LogP contribution in [0.3, 0.4) is 0 Å². The molecule has 0 spiro atoms. The second-order valence-electron chi connectivity index (χ2n) is 5.54. The van der Waals surface area contributed by atoms with Crippen molar-refractivity contribution in [1.82, 2.24) is 4.90 Å². The number of aliphatic hydroxyl groups is 1. The maximum Gasteiger partial charge on any atom is 0.410 e. The van der Waals surface area contributed by atoms with Crippen LogP contribution in [0.5, 0.6) is 0 Å². The van der Waals surface area contributed by atoms with Crippen molar-refractivity contribution in [1.29, 1.82) is 0 Å². The Morgan fingerprint density at radius 1 is 1.53 bits per heavy atom. The molecule has 2 aliphatic rings. The molecule has 1 amide bonds. The van der Waals surface area contributed by atoms with E-state index in [1.165, 1.54) is 0 Å². The van der Waals surface area contributed by atoms with Crippen LogP contribution in [-0.4, -0.2) is 40.9 Å². The second kappa shape index (κ2) is 3.37. The molecule has 3 atom stereocenters. The molecule has 0 radical (unpaired) electrons. The molecule has 0 aromatic carbocycles. The van der Waals surface area contributed by atoms with Gasteiger partial charge in [-0.25, -0.2) is 4.79 Å². The van der Waals surface area contributed by atoms with Gasteiger partial charge < -0.3 is 14.7 Å². The number of hydrogen-bond donors (Lipinski definition) is 1. The van der Waals surface area contributed by atoms with E-state index in [1.54, 1.807) is 4.90 Å². The zero-order chi connectivity index (χ0) is 11.2. The van der Waals surface area contributed by atoms with E-state index in [9.17, 15) is 9.90 Å². The van der Waals surface area contributed by atoms with Gasteiger partial charge in [-0.1, -0.05) is 0 Å². The van der Waals surface area contributed by atoms with Crippen molar-refractivity contribution in [2.75, 3.05) is 13.2 Å². The molecule has 15 heavy (non-hydrogen) atoms. The second-order valence-corrected chi connectivity index (χ2v) is 5.54. The van der Waals surface area contributed by atoms with Gasteiger partial charge in [-0.15, -0.1) is 0 Å². The Morgan fingerprint density at radius 3 is 2.73 bits per heavy atom. The van der Waals surface area contributed by atoms with Crippen molar-refractivity contribution in [3.8, 4) is 0 Å². The molecule has 2 fully saturated rings. The van der Waals surface area contributed by atoms with Crippen LogP contribution in [0.25, 0.3) is 0 Å². The summed E-state index contributed by atoms with van der Waals surface area (Å²) < 4.78 is 5.30. The van der Waals surface area contributed by atoms with Gasteiger partial charge in [-0.3, -0.25) is 0 Å². The zero-order valence-electron chi connectivity index (χ0n) is 9.56. The number of carbonyl (C=O) groups excluding carboxylic acids is 1. The van der Waals surface area contributed by atoms with E-state index in [-0.39, 0.29) is 18.7 Å². The highest BCUT2D eigenvalue weighted by molar-refractivity contribution is 5.69. The summed E-state index contributed by atoms with van der Waals surface area (Å²) in [5.74, 6) is 1.12. The summed E-state index contributed by atoms with van der Waals surface area (Å²) in [5.41, 5.74) is -0.454. The number of ether oxygens (including phenoxy) is 1. The minimum Gasteiger partial charge on any atom is -0.444 e. The number of amides is 1. The third-order valence-electron chi connectivity index (χ3n) is 3.12. The largest absolute Gasteiger partial charge is 0.444 e. The number of fused-ring (bicyclic) bond motifs is 1. The highest BCUT2D eigenvalue weighted by Crippen LogP contribution is 2.49. The van der Waals surface area contributed by atoms with Gasteiger partial charge in [0, 0.05) is 6.54 Å². The van der Waals surface area contributed by atoms with Gasteiger partial charge in [0.15, 0.2) is 0 Å². The van der Waals surface area contributed by atoms with Crippen molar-refractivity contribution in [3.05, 3.63) is 0 Å². The fourth-order valence-electron chi connectivity index (χ4n) is 2.34. The number of likely N-dealkylation sites (tertiary alicyclic amines) is 1. The maximum atomic E-state index is 11.8. The molecule has 4 heteroatoms. The minimum absolute atomic E-state index is 0.00940. The van der Waals surface area contributed by atoms with E-state index in [0.717, 1.165) is 13.0 Å². The molecule has 0 aromatic heterocycles. The van der Waals surface area contributed by atoms with Gasteiger partial charge in [0.05, 0.1) is 12.6 Å². The van der Waals surface area contributed by atoms with Gasteiger partial charge in [0.2, 0.25) is 0 Å². The summed E-state index contributed by atoms with van der Waals surface area (Å²) in [6, 6.07) is -0.00940. The lowest BCUT2D eigenvalue weighted by Crippen LogP contribution is -2.43. The van der Waals surface area contributed by atoms with Crippen LogP contribution in [0.4, 0.5) is 4.79 Å². The maximum absolute atomic E-state index is 11.8. The van der Waals surface area contributed by atoms with Crippen LogP contribution in [-0.2, 0) is 4.74 Å². The predicted molar refractivity (Wildman–Crippen MR) is 55.4 cm³/mol. The van der Waals surface area contributed by atoms with E-state index in [4.69, 9.17) is 4.74 Å². The standard InChI is InChI=1S/C11H19NO3/c1-11(2,3)15-10(14)12-5-7-4-8(7)9(12)6-13/h7-9,13H,4-6H2,1-3H3/t7-,8?,9?/m1/s1. The Bertz CT molecular complexity index is 271. The number of piperidine rings is 1. The van der Waals surface area contributed by atoms with Crippen molar-refractivity contribution in [3.63, 3.8) is 0 Å². The van der Waals surface area contributed by atoms with Crippen LogP contribution < -0.4 is 0 Å². The molecule has 2 rings (SSSR count). The number of nitrogens with zero attached hydrogens (tertiary/aromatic N) is 1. The average molecular weight is 213 g/mol. The first kappa shape index (κ1) is 10.7. The van der Waals surface area contributed by atoms with Crippen molar-refractivity contribution >= 4 is 6.09 Å². The number of aliphatic hydroxyl groups excluding tert-OH is 1. The highest BCUT2D eigenvalue weighted by atomic mass is 16.6. The molecule has 0 bridgehead atoms. The third kappa shape index (κ3) is 2.09. The summed E-state index contributed by atoms with van der Waals surface area (Å²) in [4.78, 5) is 13.5. The summed E-state index contributed by atoms with van der Waals surface area (Å²) in [5, 5.41) is 9.23. The molecule has 1 aliphatic carbocycles. The molecular formula is C11H19NO3. The SMILES string of the molecule is CC(C)(C)OC(=O)N1C[C@H]2CC2C1CO. The molecular weight excluding hydrogens is 194 g/mol. The van der Waals surface area contributed by atoms with Crippen LogP contribution in [0, 0.1) is 11.8 Å². The molecule has 1 N–H and O–H groups in total. The molecule has 4 nitrogen and oxygen atoms in total. The highest BCUT2D eigenvalue weighted by Gasteiger charge is 2.54. The number of carbonyl (C=O) groups is 1. The Morgan fingerprint density at radius 2 is 2.20 bits per heavy atom. The molecule has 1 saturated carbocycles. The van der Waals surface area contributed by atoms with E-state index in [1.807, 2.05) is 20.8 Å². The Kier molecular flexibility index (Phi) is 2.41. The molecule has 1 saturated heterocycles. The van der Waals surface area contributed by atoms with Gasteiger partial charge in [0.1, 0.15) is 5.60 Å². The number of rotatable bonds is 1. The average Bonchev–Trinajstić information content (AvgIpc) is 2.75. The number of hydrogen-bond acceptors (Lipinski definition) is 3. The molecule has 1 heterocycles. The van der Waals surface area contributed by atoms with Crippen molar-refractivity contribution < 1.29 is 14.6 Å². The summed E-state index contributed by atoms with van der Waals surface area (Å²) in [7, 11) is 0. The lowest BCUT2D eigenvalue weighted by atomic mass is 10.2. The first-order valence-corrected chi connectivity index (χ1v) is 5.53. The fraction of sp³-hybridized carbons (Fsp3) is 0.909. The molecule has 1 aliphatic heterocycles. The smallest absolute Gasteiger partial charge is 0.410 e. The van der Waals surface area contributed by atoms with Crippen LogP contribution in [0.1, 0.15) is 27.2 Å². The molecule has 86 valence electrons. The Labute approximate surface area is 90.2 Å². The first-order chi connectivity index (χ1) is 6.92. The van der Waals surface area contributed by atoms with Crippen molar-refractivity contribution in [2.24, 2.45) is 11.8 Å². The lowest BCUT2D eigenvalue weighted by molar-refractivity contribution is 0.0133. The van der Waals surface area contributed by atoms with Crippen LogP contribution in [0.15, 0.2) is 0 Å². The predicted octanol–water partition coefficient (Wildman–Crippen LogP) is 1.23. The first-order valence-electron chi connectivity index (χ1n) is 5.53. The molecule has 2 unspecified atom stereocenters. The van der Waals surface area contributed by atoms with Gasteiger partial charge >= 0.3 is 6.09 Å². The third-order valence-corrected chi connectivity index (χ3v) is 3.12. The normalized spacial score (nSPS) is 33.9. The topological polar surface area (TPSA) is 49.8 Å². The monoisotopic (exact) mass is 213 g/mol. The van der Waals surface area contributed by atoms with Crippen molar-refractivity contribution in [2.45, 2.75) is 38.8 Å². The summed E-state index contributed by atoms with van der Waals surface area (Å²) in [6.45, 7) is 6.38. The van der Waals surface area contributed by atoms with E-state index >= 15 is 0 Å². The van der Waals surface area contributed by atoms with E-state index < -0.39 is 5.60 Å². The van der Waals surface area contributed by atoms with Gasteiger partial charge in [-0.05, 0) is 39.0 Å². The van der Waals surface area contributed by atoms with Crippen LogP contribution in [0.2, 0.25) is 0 Å². The fourth-order valence-corrected chi connectivity index (χ4v) is 2.34. The lowest BCUT2D eigenvalue weighted by Gasteiger charge is -2.29. The van der Waals surface area contributed by atoms with Crippen LogP contribution >= 0.6 is 0 Å². The summed E-state index contributed by atoms with van der Waals surface area (Å²) >= 11 is 0. The Balaban J connectivity index is 1.96. The van der Waals surface area contributed by atoms with Gasteiger partial charge in [0.25, 0.3) is 0 Å². The summed E-state index contributed by atoms with van der Waals surface area (Å²) in [6.07, 6.45) is 0.874. The minimum atomic E-state index is -0.454. The quantitative estimate of drug-likeness (QED) is 0.712. The van der Waals surface area contributed by atoms with E-state index in [2.05, 4.69) is 0 Å². The zero-order valence-corrected chi connectivity index (χ0v) is 9.56. The molecule has 0 aromatic rings. The Hall–Kier alpha value is -0.770.